The van der Waals surface area contributed by atoms with Crippen LogP contribution in [0.25, 0.3) is 0 Å². The number of nitrogens with two attached hydrogens (primary N) is 1. The van der Waals surface area contributed by atoms with Crippen LogP contribution in [0.1, 0.15) is 12.8 Å². The van der Waals surface area contributed by atoms with E-state index in [1.807, 2.05) is 11.9 Å². The van der Waals surface area contributed by atoms with Crippen LogP contribution >= 0.6 is 11.6 Å². The minimum atomic E-state index is -0.0489. The molecule has 0 heterocycles. The molecule has 0 aliphatic heterocycles. The van der Waals surface area contributed by atoms with Crippen LogP contribution < -0.4 is 11.1 Å². The molecule has 0 aromatic heterocycles. The van der Waals surface area contributed by atoms with Gasteiger partial charge in [-0.25, -0.2) is 0 Å². The van der Waals surface area contributed by atoms with Crippen LogP contribution in [0.3, 0.4) is 0 Å². The Morgan fingerprint density at radius 2 is 2.28 bits per heavy atom. The Hall–Kier alpha value is -1.26. The first-order valence-corrected chi connectivity index (χ1v) is 6.46. The first kappa shape index (κ1) is 13.2. The van der Waals surface area contributed by atoms with Crippen molar-refractivity contribution >= 4 is 28.9 Å². The number of rotatable bonds is 5. The molecule has 0 radical (unpaired) electrons. The number of hydrogen-bond donors (Lipinski definition) is 2. The molecule has 1 aliphatic carbocycles. The van der Waals surface area contributed by atoms with Crippen molar-refractivity contribution in [2.75, 3.05) is 31.2 Å². The third-order valence-electron chi connectivity index (χ3n) is 2.97. The minimum absolute atomic E-state index is 0.0489. The molecule has 98 valence electrons. The Morgan fingerprint density at radius 1 is 1.56 bits per heavy atom. The normalized spacial score (nSPS) is 14.8. The van der Waals surface area contributed by atoms with Gasteiger partial charge >= 0.3 is 0 Å². The molecule has 0 spiro atoms. The van der Waals surface area contributed by atoms with Crippen LogP contribution in [-0.2, 0) is 4.79 Å². The van der Waals surface area contributed by atoms with Crippen molar-refractivity contribution in [3.8, 4) is 0 Å². The van der Waals surface area contributed by atoms with Gasteiger partial charge in [0.1, 0.15) is 0 Å². The zero-order chi connectivity index (χ0) is 13.1. The van der Waals surface area contributed by atoms with Crippen LogP contribution in [0, 0.1) is 5.92 Å². The molecule has 1 aliphatic rings. The molecule has 1 amide bonds. The van der Waals surface area contributed by atoms with Crippen molar-refractivity contribution in [3.63, 3.8) is 0 Å². The molecule has 5 heteroatoms. The zero-order valence-electron chi connectivity index (χ0n) is 10.4. The lowest BCUT2D eigenvalue weighted by molar-refractivity contribution is -0.117. The fourth-order valence-electron chi connectivity index (χ4n) is 1.89. The van der Waals surface area contributed by atoms with Crippen molar-refractivity contribution in [2.45, 2.75) is 12.8 Å². The lowest BCUT2D eigenvalue weighted by atomic mass is 10.2. The second-order valence-corrected chi connectivity index (χ2v) is 5.36. The van der Waals surface area contributed by atoms with Gasteiger partial charge in [-0.3, -0.25) is 9.69 Å². The smallest absolute Gasteiger partial charge is 0.238 e. The number of likely N-dealkylation sites (N-methyl/N-ethyl adjacent to an activating group) is 1. The summed E-state index contributed by atoms with van der Waals surface area (Å²) >= 11 is 5.80. The van der Waals surface area contributed by atoms with E-state index in [1.54, 1.807) is 18.2 Å². The lowest BCUT2D eigenvalue weighted by Gasteiger charge is -2.16. The number of carbonyl (C=O) groups is 1. The second-order valence-electron chi connectivity index (χ2n) is 4.92. The SMILES string of the molecule is CN(CC(=O)Nc1ccc(Cl)cc1N)CC1CC1. The lowest BCUT2D eigenvalue weighted by Crippen LogP contribution is -2.31. The number of halogens is 1. The van der Waals surface area contributed by atoms with E-state index in [-0.39, 0.29) is 5.91 Å². The van der Waals surface area contributed by atoms with Crippen LogP contribution in [0.2, 0.25) is 5.02 Å². The van der Waals surface area contributed by atoms with Crippen LogP contribution in [0.4, 0.5) is 11.4 Å². The van der Waals surface area contributed by atoms with E-state index in [9.17, 15) is 4.79 Å². The molecule has 3 N–H and O–H groups in total. The van der Waals surface area contributed by atoms with Gasteiger partial charge in [0.05, 0.1) is 17.9 Å². The Bertz CT molecular complexity index is 446. The van der Waals surface area contributed by atoms with E-state index in [0.717, 1.165) is 12.5 Å². The van der Waals surface area contributed by atoms with Crippen molar-refractivity contribution in [3.05, 3.63) is 23.2 Å². The number of anilines is 2. The molecular formula is C13H18ClN3O. The Kier molecular flexibility index (Phi) is 4.09. The second kappa shape index (κ2) is 5.59. The predicted molar refractivity (Wildman–Crippen MR) is 74.7 cm³/mol. The topological polar surface area (TPSA) is 58.4 Å². The highest BCUT2D eigenvalue weighted by Gasteiger charge is 2.23. The largest absolute Gasteiger partial charge is 0.397 e. The highest BCUT2D eigenvalue weighted by atomic mass is 35.5. The van der Waals surface area contributed by atoms with E-state index < -0.39 is 0 Å². The van der Waals surface area contributed by atoms with Gasteiger partial charge in [-0.15, -0.1) is 0 Å². The Labute approximate surface area is 112 Å². The highest BCUT2D eigenvalue weighted by molar-refractivity contribution is 6.31. The van der Waals surface area contributed by atoms with E-state index in [0.29, 0.717) is 22.9 Å². The molecule has 1 fully saturated rings. The van der Waals surface area contributed by atoms with Gasteiger partial charge in [0.15, 0.2) is 0 Å². The maximum atomic E-state index is 11.8. The third kappa shape index (κ3) is 3.89. The standard InChI is InChI=1S/C13H18ClN3O/c1-17(7-9-2-3-9)8-13(18)16-12-5-4-10(14)6-11(12)15/h4-6,9H,2-3,7-8,15H2,1H3,(H,16,18). The van der Waals surface area contributed by atoms with Gasteiger partial charge in [-0.1, -0.05) is 11.6 Å². The summed E-state index contributed by atoms with van der Waals surface area (Å²) in [4.78, 5) is 13.9. The van der Waals surface area contributed by atoms with Crippen LogP contribution in [0.5, 0.6) is 0 Å². The maximum absolute atomic E-state index is 11.8. The summed E-state index contributed by atoms with van der Waals surface area (Å²) in [6.07, 6.45) is 2.58. The molecule has 18 heavy (non-hydrogen) atoms. The van der Waals surface area contributed by atoms with Gasteiger partial charge in [0, 0.05) is 11.6 Å². The monoisotopic (exact) mass is 267 g/mol. The molecule has 0 bridgehead atoms. The van der Waals surface area contributed by atoms with Gasteiger partial charge < -0.3 is 11.1 Å². The van der Waals surface area contributed by atoms with Crippen molar-refractivity contribution < 1.29 is 4.79 Å². The summed E-state index contributed by atoms with van der Waals surface area (Å²) in [5.41, 5.74) is 6.88. The van der Waals surface area contributed by atoms with E-state index in [1.165, 1.54) is 12.8 Å². The van der Waals surface area contributed by atoms with Crippen molar-refractivity contribution in [2.24, 2.45) is 5.92 Å². The quantitative estimate of drug-likeness (QED) is 0.804. The highest BCUT2D eigenvalue weighted by Crippen LogP contribution is 2.29. The summed E-state index contributed by atoms with van der Waals surface area (Å²) in [7, 11) is 1.96. The van der Waals surface area contributed by atoms with E-state index >= 15 is 0 Å². The fraction of sp³-hybridized carbons (Fsp3) is 0.462. The number of nitrogen functional groups attached to an aromatic ring is 1. The number of amides is 1. The Morgan fingerprint density at radius 3 is 2.89 bits per heavy atom. The average molecular weight is 268 g/mol. The third-order valence-corrected chi connectivity index (χ3v) is 3.20. The van der Waals surface area contributed by atoms with Crippen molar-refractivity contribution in [1.82, 2.24) is 4.90 Å². The summed E-state index contributed by atoms with van der Waals surface area (Å²) in [5.74, 6) is 0.732. The molecule has 0 atom stereocenters. The summed E-state index contributed by atoms with van der Waals surface area (Å²) < 4.78 is 0. The minimum Gasteiger partial charge on any atom is -0.397 e. The van der Waals surface area contributed by atoms with E-state index in [4.69, 9.17) is 17.3 Å². The molecule has 1 aromatic rings. The summed E-state index contributed by atoms with van der Waals surface area (Å²) in [5, 5.41) is 3.36. The van der Waals surface area contributed by atoms with Gasteiger partial charge in [-0.05, 0) is 44.0 Å². The number of benzene rings is 1. The molecule has 1 saturated carbocycles. The van der Waals surface area contributed by atoms with Crippen molar-refractivity contribution in [1.29, 1.82) is 0 Å². The summed E-state index contributed by atoms with van der Waals surface area (Å²) in [6, 6.07) is 5.06. The number of nitrogens with one attached hydrogen (secondary N) is 1. The zero-order valence-corrected chi connectivity index (χ0v) is 11.2. The average Bonchev–Trinajstić information content (AvgIpc) is 3.05. The molecule has 4 nitrogen and oxygen atoms in total. The van der Waals surface area contributed by atoms with Crippen LogP contribution in [0.15, 0.2) is 18.2 Å². The van der Waals surface area contributed by atoms with Gasteiger partial charge in [-0.2, -0.15) is 0 Å². The van der Waals surface area contributed by atoms with E-state index in [2.05, 4.69) is 5.32 Å². The first-order valence-electron chi connectivity index (χ1n) is 6.08. The number of carbonyl (C=O) groups excluding carboxylic acids is 1. The molecule has 0 saturated heterocycles. The first-order chi connectivity index (χ1) is 8.54. The molecular weight excluding hydrogens is 250 g/mol. The molecule has 1 aromatic carbocycles. The molecule has 2 rings (SSSR count). The van der Waals surface area contributed by atoms with Gasteiger partial charge in [0.2, 0.25) is 5.91 Å². The number of nitrogens with zero attached hydrogens (tertiary/aromatic N) is 1. The Balaban J connectivity index is 1.85. The fourth-order valence-corrected chi connectivity index (χ4v) is 2.07. The summed E-state index contributed by atoms with van der Waals surface area (Å²) in [6.45, 7) is 1.38. The molecule has 0 unspecified atom stereocenters. The predicted octanol–water partition coefficient (Wildman–Crippen LogP) is 2.20. The maximum Gasteiger partial charge on any atom is 0.238 e. The number of hydrogen-bond acceptors (Lipinski definition) is 3. The van der Waals surface area contributed by atoms with Crippen LogP contribution in [-0.4, -0.2) is 30.9 Å². The van der Waals surface area contributed by atoms with Gasteiger partial charge in [0.25, 0.3) is 0 Å².